The Morgan fingerprint density at radius 2 is 1.86 bits per heavy atom. The smallest absolute Gasteiger partial charge is 0.251 e. The zero-order valence-corrected chi connectivity index (χ0v) is 17.5. The second-order valence-corrected chi connectivity index (χ2v) is 9.15. The molecule has 1 heterocycles. The van der Waals surface area contributed by atoms with Crippen molar-refractivity contribution in [3.63, 3.8) is 0 Å². The standard InChI is InChI=1S/C22H21ClN2O3S/c1-16-4-7-20(23)13-19(16)15-29(27,28)21-8-5-18(6-9-21)22(26)25-12-10-17-3-2-11-24-14-17/h2-9,11,13-14H,10,12,15H2,1H3,(H,25,26). The molecule has 0 fully saturated rings. The molecule has 0 bridgehead atoms. The number of hydrogen-bond acceptors (Lipinski definition) is 4. The molecule has 3 rings (SSSR count). The van der Waals surface area contributed by atoms with Crippen LogP contribution in [0.3, 0.4) is 0 Å². The summed E-state index contributed by atoms with van der Waals surface area (Å²) in [5.41, 5.74) is 2.97. The third kappa shape index (κ3) is 5.65. The summed E-state index contributed by atoms with van der Waals surface area (Å²) in [5.74, 6) is -0.390. The lowest BCUT2D eigenvalue weighted by Gasteiger charge is -2.09. The number of pyridine rings is 1. The van der Waals surface area contributed by atoms with Crippen molar-refractivity contribution >= 4 is 27.3 Å². The van der Waals surface area contributed by atoms with Gasteiger partial charge in [-0.2, -0.15) is 0 Å². The van der Waals surface area contributed by atoms with Gasteiger partial charge in [-0.3, -0.25) is 9.78 Å². The van der Waals surface area contributed by atoms with Gasteiger partial charge in [-0.1, -0.05) is 23.7 Å². The van der Waals surface area contributed by atoms with Gasteiger partial charge in [0.25, 0.3) is 5.91 Å². The van der Waals surface area contributed by atoms with Crippen molar-refractivity contribution in [3.8, 4) is 0 Å². The van der Waals surface area contributed by atoms with Crippen LogP contribution < -0.4 is 5.32 Å². The van der Waals surface area contributed by atoms with E-state index >= 15 is 0 Å². The predicted molar refractivity (Wildman–Crippen MR) is 114 cm³/mol. The highest BCUT2D eigenvalue weighted by Gasteiger charge is 2.17. The highest BCUT2D eigenvalue weighted by molar-refractivity contribution is 7.90. The van der Waals surface area contributed by atoms with Gasteiger partial charge >= 0.3 is 0 Å². The third-order valence-corrected chi connectivity index (χ3v) is 6.47. The molecule has 0 radical (unpaired) electrons. The molecular formula is C22H21ClN2O3S. The maximum Gasteiger partial charge on any atom is 0.251 e. The van der Waals surface area contributed by atoms with E-state index in [9.17, 15) is 13.2 Å². The van der Waals surface area contributed by atoms with E-state index in [0.29, 0.717) is 29.1 Å². The van der Waals surface area contributed by atoms with Gasteiger partial charge in [-0.25, -0.2) is 8.42 Å². The van der Waals surface area contributed by atoms with Crippen LogP contribution in [-0.4, -0.2) is 25.9 Å². The van der Waals surface area contributed by atoms with Gasteiger partial charge in [0.1, 0.15) is 0 Å². The van der Waals surface area contributed by atoms with Crippen LogP contribution in [0.2, 0.25) is 5.02 Å². The van der Waals surface area contributed by atoms with Crippen molar-refractivity contribution in [3.05, 3.63) is 94.3 Å². The summed E-state index contributed by atoms with van der Waals surface area (Å²) in [6.07, 6.45) is 4.13. The Balaban J connectivity index is 1.64. The van der Waals surface area contributed by atoms with E-state index in [4.69, 9.17) is 11.6 Å². The quantitative estimate of drug-likeness (QED) is 0.617. The first-order chi connectivity index (χ1) is 13.8. The molecule has 5 nitrogen and oxygen atoms in total. The van der Waals surface area contributed by atoms with E-state index in [-0.39, 0.29) is 16.6 Å². The number of rotatable bonds is 7. The number of carbonyl (C=O) groups excluding carboxylic acids is 1. The van der Waals surface area contributed by atoms with Crippen LogP contribution in [0, 0.1) is 6.92 Å². The molecule has 0 atom stereocenters. The lowest BCUT2D eigenvalue weighted by atomic mass is 10.1. The van der Waals surface area contributed by atoms with Crippen LogP contribution in [0.4, 0.5) is 0 Å². The van der Waals surface area contributed by atoms with Crippen molar-refractivity contribution in [2.45, 2.75) is 24.0 Å². The molecular weight excluding hydrogens is 408 g/mol. The average Bonchev–Trinajstić information content (AvgIpc) is 2.71. The van der Waals surface area contributed by atoms with Gasteiger partial charge in [-0.05, 0) is 72.5 Å². The van der Waals surface area contributed by atoms with Crippen LogP contribution in [0.15, 0.2) is 71.9 Å². The second-order valence-electron chi connectivity index (χ2n) is 6.72. The van der Waals surface area contributed by atoms with Crippen LogP contribution in [0.1, 0.15) is 27.0 Å². The lowest BCUT2D eigenvalue weighted by Crippen LogP contribution is -2.25. The molecule has 150 valence electrons. The van der Waals surface area contributed by atoms with Crippen LogP contribution in [-0.2, 0) is 22.0 Å². The SMILES string of the molecule is Cc1ccc(Cl)cc1CS(=O)(=O)c1ccc(C(=O)NCCc2cccnc2)cc1. The van der Waals surface area contributed by atoms with Gasteiger partial charge in [0.05, 0.1) is 10.6 Å². The Kier molecular flexibility index (Phi) is 6.67. The Hall–Kier alpha value is -2.70. The maximum atomic E-state index is 12.7. The van der Waals surface area contributed by atoms with Crippen molar-refractivity contribution in [1.82, 2.24) is 10.3 Å². The number of aryl methyl sites for hydroxylation is 1. The molecule has 0 saturated carbocycles. The number of aromatic nitrogens is 1. The molecule has 7 heteroatoms. The number of halogens is 1. The zero-order valence-electron chi connectivity index (χ0n) is 15.9. The number of carbonyl (C=O) groups is 1. The summed E-state index contributed by atoms with van der Waals surface area (Å²) in [6, 6.07) is 15.0. The third-order valence-electron chi connectivity index (χ3n) is 4.55. The summed E-state index contributed by atoms with van der Waals surface area (Å²) in [4.78, 5) is 16.5. The fourth-order valence-corrected chi connectivity index (χ4v) is 4.50. The van der Waals surface area contributed by atoms with Gasteiger partial charge in [0.2, 0.25) is 0 Å². The molecule has 3 aromatic rings. The van der Waals surface area contributed by atoms with Crippen molar-refractivity contribution in [2.75, 3.05) is 6.54 Å². The molecule has 1 amide bonds. The summed E-state index contributed by atoms with van der Waals surface area (Å²) in [5, 5.41) is 3.33. The van der Waals surface area contributed by atoms with E-state index in [2.05, 4.69) is 10.3 Å². The minimum Gasteiger partial charge on any atom is -0.352 e. The second kappa shape index (κ2) is 9.20. The Bertz CT molecular complexity index is 1100. The van der Waals surface area contributed by atoms with Gasteiger partial charge in [0.15, 0.2) is 9.84 Å². The largest absolute Gasteiger partial charge is 0.352 e. The lowest BCUT2D eigenvalue weighted by molar-refractivity contribution is 0.0954. The molecule has 29 heavy (non-hydrogen) atoms. The zero-order chi connectivity index (χ0) is 20.9. The number of sulfone groups is 1. The minimum absolute atomic E-state index is 0.143. The number of amides is 1. The van der Waals surface area contributed by atoms with Gasteiger partial charge < -0.3 is 5.32 Å². The minimum atomic E-state index is -3.55. The van der Waals surface area contributed by atoms with Crippen molar-refractivity contribution in [2.24, 2.45) is 0 Å². The van der Waals surface area contributed by atoms with Crippen LogP contribution in [0.5, 0.6) is 0 Å². The molecule has 0 aliphatic heterocycles. The normalized spacial score (nSPS) is 11.2. The fourth-order valence-electron chi connectivity index (χ4n) is 2.87. The summed E-state index contributed by atoms with van der Waals surface area (Å²) in [7, 11) is -3.55. The summed E-state index contributed by atoms with van der Waals surface area (Å²) in [6.45, 7) is 2.32. The molecule has 0 spiro atoms. The number of hydrogen-bond donors (Lipinski definition) is 1. The predicted octanol–water partition coefficient (Wildman–Crippen LogP) is 3.99. The highest BCUT2D eigenvalue weighted by atomic mass is 35.5. The van der Waals surface area contributed by atoms with E-state index in [1.165, 1.54) is 24.3 Å². The Labute approximate surface area is 175 Å². The monoisotopic (exact) mass is 428 g/mol. The van der Waals surface area contributed by atoms with E-state index in [0.717, 1.165) is 11.1 Å². The molecule has 1 aromatic heterocycles. The van der Waals surface area contributed by atoms with Crippen LogP contribution in [0.25, 0.3) is 0 Å². The fraction of sp³-hybridized carbons (Fsp3) is 0.182. The topological polar surface area (TPSA) is 76.1 Å². The van der Waals surface area contributed by atoms with E-state index < -0.39 is 9.84 Å². The summed E-state index contributed by atoms with van der Waals surface area (Å²) >= 11 is 5.99. The molecule has 2 aromatic carbocycles. The van der Waals surface area contributed by atoms with E-state index in [1.54, 1.807) is 30.6 Å². The Morgan fingerprint density at radius 1 is 1.10 bits per heavy atom. The van der Waals surface area contributed by atoms with E-state index in [1.807, 2.05) is 19.1 Å². The Morgan fingerprint density at radius 3 is 2.55 bits per heavy atom. The first-order valence-corrected chi connectivity index (χ1v) is 11.1. The van der Waals surface area contributed by atoms with Crippen molar-refractivity contribution < 1.29 is 13.2 Å². The van der Waals surface area contributed by atoms with Gasteiger partial charge in [0, 0.05) is 29.5 Å². The van der Waals surface area contributed by atoms with Crippen molar-refractivity contribution in [1.29, 1.82) is 0 Å². The maximum absolute atomic E-state index is 12.7. The van der Waals surface area contributed by atoms with Gasteiger partial charge in [-0.15, -0.1) is 0 Å². The number of nitrogens with zero attached hydrogens (tertiary/aromatic N) is 1. The summed E-state index contributed by atoms with van der Waals surface area (Å²) < 4.78 is 25.5. The molecule has 0 aliphatic rings. The number of benzene rings is 2. The first-order valence-electron chi connectivity index (χ1n) is 9.10. The molecule has 0 saturated heterocycles. The highest BCUT2D eigenvalue weighted by Crippen LogP contribution is 2.22. The molecule has 0 unspecified atom stereocenters. The first kappa shape index (κ1) is 21.0. The number of nitrogens with one attached hydrogen (secondary N) is 1. The molecule has 1 N–H and O–H groups in total. The van der Waals surface area contributed by atoms with Crippen LogP contribution >= 0.6 is 11.6 Å². The average molecular weight is 429 g/mol. The molecule has 0 aliphatic carbocycles.